The van der Waals surface area contributed by atoms with Gasteiger partial charge in [-0.25, -0.2) is 0 Å². The first-order valence-electron chi connectivity index (χ1n) is 6.86. The van der Waals surface area contributed by atoms with Crippen LogP contribution in [0.2, 0.25) is 0 Å². The molecule has 0 aliphatic rings. The minimum absolute atomic E-state index is 0.747. The summed E-state index contributed by atoms with van der Waals surface area (Å²) in [5.74, 6) is 3.32. The van der Waals surface area contributed by atoms with Gasteiger partial charge in [0.1, 0.15) is 5.75 Å². The molecule has 3 nitrogen and oxygen atoms in total. The Balaban J connectivity index is 2.16. The molecule has 0 radical (unpaired) electrons. The summed E-state index contributed by atoms with van der Waals surface area (Å²) in [5.41, 5.74) is 1.27. The first-order chi connectivity index (χ1) is 9.36. The van der Waals surface area contributed by atoms with E-state index in [9.17, 15) is 0 Å². The zero-order chi connectivity index (χ0) is 13.8. The highest BCUT2D eigenvalue weighted by Gasteiger charge is 1.96. The third-order valence-corrected chi connectivity index (χ3v) is 3.63. The molecule has 19 heavy (non-hydrogen) atoms. The van der Waals surface area contributed by atoms with Crippen LogP contribution >= 0.6 is 11.8 Å². The average molecular weight is 283 g/mol. The predicted octanol–water partition coefficient (Wildman–Crippen LogP) is 2.94. The summed E-state index contributed by atoms with van der Waals surface area (Å²) in [5, 5.41) is 3.32. The van der Waals surface area contributed by atoms with E-state index in [1.165, 1.54) is 17.1 Å². The quantitative estimate of drug-likeness (QED) is 0.633. The summed E-state index contributed by atoms with van der Waals surface area (Å²) in [4.78, 5) is 0. The van der Waals surface area contributed by atoms with Crippen LogP contribution in [0.1, 0.15) is 18.9 Å². The highest BCUT2D eigenvalue weighted by Crippen LogP contribution is 2.12. The van der Waals surface area contributed by atoms with Crippen molar-refractivity contribution in [3.63, 3.8) is 0 Å². The minimum Gasteiger partial charge on any atom is -0.494 e. The lowest BCUT2D eigenvalue weighted by molar-refractivity contribution is 0.199. The molecule has 1 rings (SSSR count). The van der Waals surface area contributed by atoms with E-state index in [1.54, 1.807) is 7.11 Å². The number of nitrogens with one attached hydrogen (secondary N) is 1. The predicted molar refractivity (Wildman–Crippen MR) is 83.1 cm³/mol. The van der Waals surface area contributed by atoms with Gasteiger partial charge in [-0.1, -0.05) is 19.1 Å². The van der Waals surface area contributed by atoms with E-state index in [0.717, 1.165) is 38.5 Å². The maximum atomic E-state index is 5.70. The molecule has 0 saturated heterocycles. The molecule has 0 heterocycles. The van der Waals surface area contributed by atoms with Crippen LogP contribution in [0.15, 0.2) is 24.3 Å². The van der Waals surface area contributed by atoms with Gasteiger partial charge in [-0.15, -0.1) is 0 Å². The van der Waals surface area contributed by atoms with Crippen molar-refractivity contribution in [3.8, 4) is 5.75 Å². The van der Waals surface area contributed by atoms with Crippen LogP contribution in [0.3, 0.4) is 0 Å². The topological polar surface area (TPSA) is 30.5 Å². The van der Waals surface area contributed by atoms with Gasteiger partial charge in [0, 0.05) is 20.2 Å². The number of ether oxygens (including phenoxy) is 2. The van der Waals surface area contributed by atoms with Gasteiger partial charge in [0.05, 0.1) is 13.2 Å². The van der Waals surface area contributed by atoms with E-state index in [2.05, 4.69) is 24.4 Å². The molecule has 0 atom stereocenters. The highest BCUT2D eigenvalue weighted by atomic mass is 32.2. The van der Waals surface area contributed by atoms with Gasteiger partial charge in [-0.05, 0) is 35.6 Å². The Hall–Kier alpha value is -0.710. The largest absolute Gasteiger partial charge is 0.494 e. The summed E-state index contributed by atoms with van der Waals surface area (Å²) in [6.07, 6.45) is 1.11. The van der Waals surface area contributed by atoms with Crippen LogP contribution in [0, 0.1) is 0 Å². The van der Waals surface area contributed by atoms with E-state index in [1.807, 2.05) is 23.9 Å². The lowest BCUT2D eigenvalue weighted by Gasteiger charge is -2.08. The molecule has 0 saturated carbocycles. The first kappa shape index (κ1) is 16.3. The lowest BCUT2D eigenvalue weighted by atomic mass is 10.2. The molecule has 0 spiro atoms. The normalized spacial score (nSPS) is 10.6. The number of hydrogen-bond acceptors (Lipinski definition) is 4. The van der Waals surface area contributed by atoms with E-state index in [4.69, 9.17) is 9.47 Å². The van der Waals surface area contributed by atoms with Gasteiger partial charge < -0.3 is 14.8 Å². The minimum atomic E-state index is 0.747. The van der Waals surface area contributed by atoms with Crippen molar-refractivity contribution in [2.45, 2.75) is 19.9 Å². The zero-order valence-corrected chi connectivity index (χ0v) is 12.8. The van der Waals surface area contributed by atoms with Crippen molar-refractivity contribution in [2.75, 3.05) is 38.4 Å². The maximum Gasteiger partial charge on any atom is 0.119 e. The molecule has 0 fully saturated rings. The number of methoxy groups -OCH3 is 1. The fourth-order valence-electron chi connectivity index (χ4n) is 1.61. The van der Waals surface area contributed by atoms with E-state index >= 15 is 0 Å². The van der Waals surface area contributed by atoms with E-state index in [-0.39, 0.29) is 0 Å². The molecule has 0 unspecified atom stereocenters. The number of rotatable bonds is 11. The molecule has 4 heteroatoms. The second-order valence-corrected chi connectivity index (χ2v) is 5.61. The van der Waals surface area contributed by atoms with Crippen LogP contribution < -0.4 is 10.1 Å². The van der Waals surface area contributed by atoms with E-state index < -0.39 is 0 Å². The van der Waals surface area contributed by atoms with Crippen molar-refractivity contribution < 1.29 is 9.47 Å². The number of thioether (sulfide) groups is 1. The maximum absolute atomic E-state index is 5.70. The van der Waals surface area contributed by atoms with Gasteiger partial charge in [0.2, 0.25) is 0 Å². The van der Waals surface area contributed by atoms with Crippen LogP contribution in [0.4, 0.5) is 0 Å². The van der Waals surface area contributed by atoms with Crippen LogP contribution in [0.5, 0.6) is 5.75 Å². The van der Waals surface area contributed by atoms with Crippen molar-refractivity contribution in [3.05, 3.63) is 29.8 Å². The molecule has 0 aromatic heterocycles. The molecule has 0 aliphatic heterocycles. The Bertz CT molecular complexity index is 316. The molecular formula is C15H25NO2S. The Kier molecular flexibility index (Phi) is 9.59. The summed E-state index contributed by atoms with van der Waals surface area (Å²) in [7, 11) is 1.72. The summed E-state index contributed by atoms with van der Waals surface area (Å²) in [6.45, 7) is 5.49. The summed E-state index contributed by atoms with van der Waals surface area (Å²) >= 11 is 1.96. The molecule has 0 bridgehead atoms. The Morgan fingerprint density at radius 3 is 2.63 bits per heavy atom. The lowest BCUT2D eigenvalue weighted by Crippen LogP contribution is -2.18. The third-order valence-electron chi connectivity index (χ3n) is 2.64. The fraction of sp³-hybridized carbons (Fsp3) is 0.600. The van der Waals surface area contributed by atoms with Crippen LogP contribution in [-0.4, -0.2) is 38.4 Å². The molecule has 1 aromatic carbocycles. The Labute approximate surface area is 121 Å². The molecule has 0 aliphatic carbocycles. The van der Waals surface area contributed by atoms with Crippen LogP contribution in [0.25, 0.3) is 0 Å². The smallest absolute Gasteiger partial charge is 0.119 e. The Morgan fingerprint density at radius 1 is 1.16 bits per heavy atom. The highest BCUT2D eigenvalue weighted by molar-refractivity contribution is 7.99. The zero-order valence-electron chi connectivity index (χ0n) is 12.0. The standard InChI is InChI=1S/C15H25NO2S/c1-3-19-12-4-10-18-15-7-5-14(6-8-15)13-16-9-11-17-2/h5-8,16H,3-4,9-13H2,1-2H3. The fourth-order valence-corrected chi connectivity index (χ4v) is 2.22. The molecule has 1 N–H and O–H groups in total. The SMILES string of the molecule is CCSCCCOc1ccc(CNCCOC)cc1. The van der Waals surface area contributed by atoms with Gasteiger partial charge in [-0.2, -0.15) is 11.8 Å². The van der Waals surface area contributed by atoms with Gasteiger partial charge >= 0.3 is 0 Å². The first-order valence-corrected chi connectivity index (χ1v) is 8.01. The molecule has 108 valence electrons. The second-order valence-electron chi connectivity index (χ2n) is 4.21. The van der Waals surface area contributed by atoms with Gasteiger partial charge in [0.25, 0.3) is 0 Å². The van der Waals surface area contributed by atoms with Crippen molar-refractivity contribution in [2.24, 2.45) is 0 Å². The summed E-state index contributed by atoms with van der Waals surface area (Å²) in [6, 6.07) is 8.30. The molecule has 0 amide bonds. The van der Waals surface area contributed by atoms with E-state index in [0.29, 0.717) is 0 Å². The van der Waals surface area contributed by atoms with Crippen LogP contribution in [-0.2, 0) is 11.3 Å². The number of benzene rings is 1. The number of hydrogen-bond donors (Lipinski definition) is 1. The van der Waals surface area contributed by atoms with Crippen molar-refractivity contribution >= 4 is 11.8 Å². The van der Waals surface area contributed by atoms with Gasteiger partial charge in [-0.3, -0.25) is 0 Å². The molecule has 1 aromatic rings. The molecular weight excluding hydrogens is 258 g/mol. The summed E-state index contributed by atoms with van der Waals surface area (Å²) < 4.78 is 10.7. The van der Waals surface area contributed by atoms with Crippen molar-refractivity contribution in [1.82, 2.24) is 5.32 Å². The Morgan fingerprint density at radius 2 is 1.95 bits per heavy atom. The van der Waals surface area contributed by atoms with Crippen molar-refractivity contribution in [1.29, 1.82) is 0 Å². The monoisotopic (exact) mass is 283 g/mol. The third kappa shape index (κ3) is 8.14. The van der Waals surface area contributed by atoms with Gasteiger partial charge in [0.15, 0.2) is 0 Å². The average Bonchev–Trinajstić information content (AvgIpc) is 2.45. The second kappa shape index (κ2) is 11.1.